The number of rotatable bonds is 7. The molecule has 0 aliphatic carbocycles. The summed E-state index contributed by atoms with van der Waals surface area (Å²) in [5, 5.41) is 0.507. The summed E-state index contributed by atoms with van der Waals surface area (Å²) >= 11 is 12.2. The van der Waals surface area contributed by atoms with Gasteiger partial charge in [0, 0.05) is 31.9 Å². The summed E-state index contributed by atoms with van der Waals surface area (Å²) in [6.07, 6.45) is 0. The third-order valence-corrected chi connectivity index (χ3v) is 8.68. The van der Waals surface area contributed by atoms with Crippen LogP contribution in [0.25, 0.3) is 0 Å². The Balaban J connectivity index is 1.53. The van der Waals surface area contributed by atoms with Crippen LogP contribution >= 0.6 is 23.2 Å². The fourth-order valence-electron chi connectivity index (χ4n) is 4.02. The molecular formula is C26H27Cl2N3O4S. The first-order valence-electron chi connectivity index (χ1n) is 11.4. The highest BCUT2D eigenvalue weighted by molar-refractivity contribution is 7.92. The average molecular weight is 548 g/mol. The number of halogens is 2. The van der Waals surface area contributed by atoms with Gasteiger partial charge >= 0.3 is 0 Å². The van der Waals surface area contributed by atoms with E-state index in [-0.39, 0.29) is 28.1 Å². The predicted octanol–water partition coefficient (Wildman–Crippen LogP) is 4.85. The molecule has 1 amide bonds. The Bertz CT molecular complexity index is 1320. The molecule has 1 aliphatic heterocycles. The van der Waals surface area contributed by atoms with Crippen LogP contribution in [-0.4, -0.2) is 59.1 Å². The van der Waals surface area contributed by atoms with Crippen LogP contribution in [0, 0.1) is 6.92 Å². The molecule has 3 aromatic rings. The van der Waals surface area contributed by atoms with Gasteiger partial charge in [0.2, 0.25) is 5.91 Å². The first-order valence-corrected chi connectivity index (χ1v) is 13.6. The van der Waals surface area contributed by atoms with Crippen molar-refractivity contribution in [3.8, 4) is 5.75 Å². The maximum absolute atomic E-state index is 13.6. The zero-order chi connectivity index (χ0) is 25.9. The fraction of sp³-hybridized carbons (Fsp3) is 0.269. The zero-order valence-corrected chi connectivity index (χ0v) is 22.4. The first-order chi connectivity index (χ1) is 17.2. The molecule has 0 unspecified atom stereocenters. The maximum Gasteiger partial charge on any atom is 0.264 e. The van der Waals surface area contributed by atoms with E-state index in [0.717, 1.165) is 21.3 Å². The largest absolute Gasteiger partial charge is 0.497 e. The second-order valence-electron chi connectivity index (χ2n) is 8.49. The van der Waals surface area contributed by atoms with Gasteiger partial charge in [0.25, 0.3) is 10.0 Å². The second-order valence-corrected chi connectivity index (χ2v) is 11.2. The van der Waals surface area contributed by atoms with E-state index in [0.29, 0.717) is 31.2 Å². The number of carbonyl (C=O) groups is 1. The number of hydrogen-bond donors (Lipinski definition) is 0. The molecule has 0 spiro atoms. The highest BCUT2D eigenvalue weighted by Crippen LogP contribution is 2.31. The van der Waals surface area contributed by atoms with Crippen LogP contribution in [0.4, 0.5) is 11.4 Å². The first kappa shape index (κ1) is 26.1. The Hall–Kier alpha value is -2.94. The average Bonchev–Trinajstić information content (AvgIpc) is 2.89. The van der Waals surface area contributed by atoms with Gasteiger partial charge in [-0.15, -0.1) is 0 Å². The van der Waals surface area contributed by atoms with E-state index in [9.17, 15) is 13.2 Å². The van der Waals surface area contributed by atoms with E-state index in [1.54, 1.807) is 30.2 Å². The molecule has 36 heavy (non-hydrogen) atoms. The Labute approximate surface area is 221 Å². The van der Waals surface area contributed by atoms with Crippen LogP contribution in [-0.2, 0) is 14.8 Å². The summed E-state index contributed by atoms with van der Waals surface area (Å²) in [7, 11) is -2.41. The number of nitrogens with zero attached hydrogens (tertiary/aromatic N) is 3. The smallest absolute Gasteiger partial charge is 0.264 e. The molecule has 0 N–H and O–H groups in total. The summed E-state index contributed by atoms with van der Waals surface area (Å²) in [5.74, 6) is 0.496. The van der Waals surface area contributed by atoms with Crippen molar-refractivity contribution in [2.24, 2.45) is 0 Å². The van der Waals surface area contributed by atoms with Gasteiger partial charge in [-0.05, 0) is 61.5 Å². The minimum Gasteiger partial charge on any atom is -0.497 e. The number of aryl methyl sites for hydroxylation is 1. The van der Waals surface area contributed by atoms with Gasteiger partial charge < -0.3 is 14.5 Å². The van der Waals surface area contributed by atoms with E-state index >= 15 is 0 Å². The van der Waals surface area contributed by atoms with Crippen LogP contribution in [0.2, 0.25) is 10.0 Å². The monoisotopic (exact) mass is 547 g/mol. The highest BCUT2D eigenvalue weighted by atomic mass is 35.5. The highest BCUT2D eigenvalue weighted by Gasteiger charge is 2.30. The van der Waals surface area contributed by atoms with Crippen LogP contribution in [0.3, 0.4) is 0 Å². The van der Waals surface area contributed by atoms with Gasteiger partial charge in [-0.2, -0.15) is 0 Å². The van der Waals surface area contributed by atoms with Crippen molar-refractivity contribution in [2.75, 3.05) is 49.0 Å². The van der Waals surface area contributed by atoms with E-state index in [4.69, 9.17) is 27.9 Å². The van der Waals surface area contributed by atoms with Gasteiger partial charge in [0.05, 0.1) is 27.7 Å². The fourth-order valence-corrected chi connectivity index (χ4v) is 5.72. The van der Waals surface area contributed by atoms with Crippen molar-refractivity contribution in [3.63, 3.8) is 0 Å². The molecule has 0 aromatic heterocycles. The number of piperazine rings is 1. The molecule has 0 saturated carbocycles. The number of sulfonamides is 1. The lowest BCUT2D eigenvalue weighted by Crippen LogP contribution is -2.52. The molecular weight excluding hydrogens is 521 g/mol. The Morgan fingerprint density at radius 1 is 0.917 bits per heavy atom. The molecule has 4 rings (SSSR count). The molecule has 1 heterocycles. The van der Waals surface area contributed by atoms with Crippen molar-refractivity contribution < 1.29 is 17.9 Å². The number of hydrogen-bond acceptors (Lipinski definition) is 5. The Kier molecular flexibility index (Phi) is 7.97. The number of benzene rings is 3. The number of carbonyl (C=O) groups excluding carboxylic acids is 1. The van der Waals surface area contributed by atoms with Crippen LogP contribution in [0.5, 0.6) is 5.75 Å². The number of ether oxygens (including phenoxy) is 1. The lowest BCUT2D eigenvalue weighted by atomic mass is 10.2. The molecule has 3 aromatic carbocycles. The van der Waals surface area contributed by atoms with Crippen molar-refractivity contribution in [1.29, 1.82) is 0 Å². The van der Waals surface area contributed by atoms with Crippen LogP contribution in [0.15, 0.2) is 71.6 Å². The minimum absolute atomic E-state index is 0.0938. The standard InChI is InChI=1S/C26H27Cl2N3O4S/c1-19-3-10-23(11-4-19)36(33,34)31(21-7-12-24(27)25(28)17-21)18-26(32)30-15-13-29(14-16-30)20-5-8-22(35-2)9-6-20/h3-12,17H,13-16,18H2,1-2H3. The van der Waals surface area contributed by atoms with Crippen molar-refractivity contribution in [1.82, 2.24) is 4.90 Å². The van der Waals surface area contributed by atoms with Crippen molar-refractivity contribution >= 4 is 50.5 Å². The third kappa shape index (κ3) is 5.72. The molecule has 0 radical (unpaired) electrons. The Morgan fingerprint density at radius 2 is 1.56 bits per heavy atom. The Morgan fingerprint density at radius 3 is 2.14 bits per heavy atom. The van der Waals surface area contributed by atoms with Gasteiger partial charge in [0.15, 0.2) is 0 Å². The van der Waals surface area contributed by atoms with E-state index in [1.807, 2.05) is 31.2 Å². The second kappa shape index (κ2) is 11.0. The summed E-state index contributed by atoms with van der Waals surface area (Å²) in [6.45, 7) is 3.75. The minimum atomic E-state index is -4.03. The molecule has 1 saturated heterocycles. The van der Waals surface area contributed by atoms with E-state index in [1.165, 1.54) is 24.3 Å². The third-order valence-electron chi connectivity index (χ3n) is 6.15. The van der Waals surface area contributed by atoms with Gasteiger partial charge in [-0.3, -0.25) is 9.10 Å². The number of amides is 1. The molecule has 1 fully saturated rings. The summed E-state index contributed by atoms with van der Waals surface area (Å²) < 4.78 is 33.5. The quantitative estimate of drug-likeness (QED) is 0.422. The summed E-state index contributed by atoms with van der Waals surface area (Å²) in [5.41, 5.74) is 2.25. The number of anilines is 2. The predicted molar refractivity (Wildman–Crippen MR) is 144 cm³/mol. The molecule has 0 bridgehead atoms. The molecule has 1 aliphatic rings. The summed E-state index contributed by atoms with van der Waals surface area (Å²) in [6, 6.07) is 18.8. The van der Waals surface area contributed by atoms with Gasteiger partial charge in [-0.1, -0.05) is 40.9 Å². The molecule has 10 heteroatoms. The molecule has 190 valence electrons. The SMILES string of the molecule is COc1ccc(N2CCN(C(=O)CN(c3ccc(Cl)c(Cl)c3)S(=O)(=O)c3ccc(C)cc3)CC2)cc1. The molecule has 0 atom stereocenters. The number of methoxy groups -OCH3 is 1. The normalized spacial score (nSPS) is 14.0. The van der Waals surface area contributed by atoms with Gasteiger partial charge in [-0.25, -0.2) is 8.42 Å². The van der Waals surface area contributed by atoms with Crippen molar-refractivity contribution in [3.05, 3.63) is 82.3 Å². The zero-order valence-electron chi connectivity index (χ0n) is 20.0. The topological polar surface area (TPSA) is 70.2 Å². The molecule has 7 nitrogen and oxygen atoms in total. The van der Waals surface area contributed by atoms with Crippen LogP contribution in [0.1, 0.15) is 5.56 Å². The lowest BCUT2D eigenvalue weighted by molar-refractivity contribution is -0.129. The summed E-state index contributed by atoms with van der Waals surface area (Å²) in [4.78, 5) is 17.3. The van der Waals surface area contributed by atoms with Crippen molar-refractivity contribution in [2.45, 2.75) is 11.8 Å². The maximum atomic E-state index is 13.6. The van der Waals surface area contributed by atoms with E-state index in [2.05, 4.69) is 4.90 Å². The van der Waals surface area contributed by atoms with Gasteiger partial charge in [0.1, 0.15) is 12.3 Å². The lowest BCUT2D eigenvalue weighted by Gasteiger charge is -2.37. The van der Waals surface area contributed by atoms with E-state index < -0.39 is 10.0 Å². The van der Waals surface area contributed by atoms with Crippen LogP contribution < -0.4 is 13.9 Å².